The van der Waals surface area contributed by atoms with Crippen molar-refractivity contribution in [3.63, 3.8) is 0 Å². The first kappa shape index (κ1) is 17.4. The molecule has 3 heterocycles. The number of hydrogen-bond donors (Lipinski definition) is 1. The average molecular weight is 373 g/mol. The number of nitrogens with zero attached hydrogens (tertiary/aromatic N) is 4. The van der Waals surface area contributed by atoms with Crippen LogP contribution in [0.1, 0.15) is 5.56 Å². The standard InChI is InChI=1S/C17H19N5O5/c1-19-5-6-21-12-4-3-11(22(26)27)7-10(12)8-17(13(21)9-19)14(23)18-16(25)20(2)15(17)24/h3-4,7,13H,5-6,8-9H2,1-2H3,(H,18,23,25). The maximum absolute atomic E-state index is 13.2. The molecule has 2 saturated heterocycles. The van der Waals surface area contributed by atoms with Gasteiger partial charge >= 0.3 is 6.03 Å². The minimum Gasteiger partial charge on any atom is -0.364 e. The minimum absolute atomic E-state index is 0.0152. The van der Waals surface area contributed by atoms with E-state index in [0.29, 0.717) is 18.7 Å². The highest BCUT2D eigenvalue weighted by molar-refractivity contribution is 6.20. The van der Waals surface area contributed by atoms with Crippen LogP contribution >= 0.6 is 0 Å². The fourth-order valence-electron chi connectivity index (χ4n) is 4.39. The molecule has 2 unspecified atom stereocenters. The quantitative estimate of drug-likeness (QED) is 0.417. The molecule has 1 aromatic carbocycles. The maximum atomic E-state index is 13.2. The number of hydrogen-bond acceptors (Lipinski definition) is 7. The lowest BCUT2D eigenvalue weighted by molar-refractivity contribution is -0.384. The monoisotopic (exact) mass is 373 g/mol. The van der Waals surface area contributed by atoms with Gasteiger partial charge in [-0.2, -0.15) is 0 Å². The predicted octanol–water partition coefficient (Wildman–Crippen LogP) is -0.0341. The smallest absolute Gasteiger partial charge is 0.330 e. The molecule has 3 aliphatic rings. The summed E-state index contributed by atoms with van der Waals surface area (Å²) in [7, 11) is 3.25. The van der Waals surface area contributed by atoms with Crippen LogP contribution in [0.5, 0.6) is 0 Å². The van der Waals surface area contributed by atoms with Crippen LogP contribution < -0.4 is 10.2 Å². The molecule has 10 nitrogen and oxygen atoms in total. The van der Waals surface area contributed by atoms with Gasteiger partial charge in [-0.3, -0.25) is 29.9 Å². The van der Waals surface area contributed by atoms with Crippen LogP contribution in [0.2, 0.25) is 0 Å². The lowest BCUT2D eigenvalue weighted by atomic mass is 9.67. The first-order chi connectivity index (χ1) is 12.8. The molecule has 0 aliphatic carbocycles. The van der Waals surface area contributed by atoms with E-state index < -0.39 is 34.2 Å². The van der Waals surface area contributed by atoms with Crippen molar-refractivity contribution in [1.29, 1.82) is 0 Å². The van der Waals surface area contributed by atoms with Gasteiger partial charge in [0.2, 0.25) is 11.8 Å². The molecule has 4 amide bonds. The summed E-state index contributed by atoms with van der Waals surface area (Å²) in [5.74, 6) is -1.21. The number of fused-ring (bicyclic) bond motifs is 4. The van der Waals surface area contributed by atoms with Crippen LogP contribution in [0, 0.1) is 15.5 Å². The van der Waals surface area contributed by atoms with E-state index in [4.69, 9.17) is 0 Å². The van der Waals surface area contributed by atoms with Gasteiger partial charge in [0, 0.05) is 50.9 Å². The Hall–Kier alpha value is -3.01. The summed E-state index contributed by atoms with van der Waals surface area (Å²) >= 11 is 0. The van der Waals surface area contributed by atoms with Crippen LogP contribution in [-0.2, 0) is 16.0 Å². The van der Waals surface area contributed by atoms with Crippen molar-refractivity contribution in [2.45, 2.75) is 12.5 Å². The molecule has 27 heavy (non-hydrogen) atoms. The second-order valence-corrected chi connectivity index (χ2v) is 7.31. The van der Waals surface area contributed by atoms with Crippen LogP contribution in [0.25, 0.3) is 0 Å². The zero-order valence-corrected chi connectivity index (χ0v) is 15.0. The zero-order chi connectivity index (χ0) is 19.5. The average Bonchev–Trinajstić information content (AvgIpc) is 2.64. The molecule has 0 saturated carbocycles. The summed E-state index contributed by atoms with van der Waals surface area (Å²) in [6.07, 6.45) is 0.0152. The third-order valence-electron chi connectivity index (χ3n) is 5.82. The van der Waals surface area contributed by atoms with E-state index >= 15 is 0 Å². The number of barbiturate groups is 1. The van der Waals surface area contributed by atoms with E-state index in [-0.39, 0.29) is 12.1 Å². The lowest BCUT2D eigenvalue weighted by Crippen LogP contribution is -2.74. The van der Waals surface area contributed by atoms with Crippen molar-refractivity contribution in [2.75, 3.05) is 38.6 Å². The lowest BCUT2D eigenvalue weighted by Gasteiger charge is -2.54. The predicted molar refractivity (Wildman–Crippen MR) is 94.2 cm³/mol. The Bertz CT molecular complexity index is 886. The number of benzene rings is 1. The Morgan fingerprint density at radius 1 is 1.22 bits per heavy atom. The Morgan fingerprint density at radius 2 is 1.96 bits per heavy atom. The molecule has 142 valence electrons. The molecular weight excluding hydrogens is 354 g/mol. The largest absolute Gasteiger partial charge is 0.364 e. The minimum atomic E-state index is -1.50. The van der Waals surface area contributed by atoms with Gasteiger partial charge in [-0.15, -0.1) is 0 Å². The first-order valence-corrected chi connectivity index (χ1v) is 8.62. The van der Waals surface area contributed by atoms with Crippen LogP contribution in [0.4, 0.5) is 16.2 Å². The van der Waals surface area contributed by atoms with E-state index in [1.165, 1.54) is 19.2 Å². The SMILES string of the molecule is CN1CCN2c3ccc([N+](=O)[O-])cc3CC3(C(=O)NC(=O)N(C)C3=O)C2C1. The molecule has 1 spiro atoms. The summed E-state index contributed by atoms with van der Waals surface area (Å²) in [6.45, 7) is 1.77. The van der Waals surface area contributed by atoms with Crippen molar-refractivity contribution >= 4 is 29.2 Å². The Kier molecular flexibility index (Phi) is 3.70. The van der Waals surface area contributed by atoms with E-state index in [1.807, 2.05) is 16.8 Å². The van der Waals surface area contributed by atoms with Gasteiger partial charge in [-0.25, -0.2) is 4.79 Å². The summed E-state index contributed by atoms with van der Waals surface area (Å²) in [6, 6.07) is 3.32. The van der Waals surface area contributed by atoms with Crippen molar-refractivity contribution in [3.05, 3.63) is 33.9 Å². The zero-order valence-electron chi connectivity index (χ0n) is 15.0. The van der Waals surface area contributed by atoms with Gasteiger partial charge < -0.3 is 9.80 Å². The Morgan fingerprint density at radius 3 is 2.67 bits per heavy atom. The molecule has 0 radical (unpaired) electrons. The molecule has 1 N–H and O–H groups in total. The van der Waals surface area contributed by atoms with Crippen molar-refractivity contribution < 1.29 is 19.3 Å². The molecule has 10 heteroatoms. The number of urea groups is 1. The number of nitro groups is 1. The number of likely N-dealkylation sites (N-methyl/N-ethyl adjacent to an activating group) is 1. The number of nitro benzene ring substituents is 1. The molecule has 1 aromatic rings. The van der Waals surface area contributed by atoms with Gasteiger partial charge in [0.05, 0.1) is 11.0 Å². The second-order valence-electron chi connectivity index (χ2n) is 7.31. The molecular formula is C17H19N5O5. The normalized spacial score (nSPS) is 28.1. The Labute approximate surface area is 154 Å². The highest BCUT2D eigenvalue weighted by atomic mass is 16.6. The second kappa shape index (κ2) is 5.74. The number of carbonyl (C=O) groups excluding carboxylic acids is 3. The van der Waals surface area contributed by atoms with E-state index in [0.717, 1.165) is 17.1 Å². The fourth-order valence-corrected chi connectivity index (χ4v) is 4.39. The van der Waals surface area contributed by atoms with Crippen LogP contribution in [0.15, 0.2) is 18.2 Å². The van der Waals surface area contributed by atoms with Crippen LogP contribution in [-0.4, -0.2) is 72.3 Å². The van der Waals surface area contributed by atoms with E-state index in [2.05, 4.69) is 5.32 Å². The van der Waals surface area contributed by atoms with Gasteiger partial charge in [0.25, 0.3) is 5.69 Å². The first-order valence-electron chi connectivity index (χ1n) is 8.62. The van der Waals surface area contributed by atoms with Gasteiger partial charge in [0.15, 0.2) is 5.41 Å². The number of amides is 4. The third-order valence-corrected chi connectivity index (χ3v) is 5.82. The molecule has 2 fully saturated rings. The fraction of sp³-hybridized carbons (Fsp3) is 0.471. The number of anilines is 1. The summed E-state index contributed by atoms with van der Waals surface area (Å²) in [5, 5.41) is 13.5. The number of non-ortho nitro benzene ring substituents is 1. The molecule has 4 rings (SSSR count). The van der Waals surface area contributed by atoms with Gasteiger partial charge in [-0.05, 0) is 18.7 Å². The molecule has 0 aromatic heterocycles. The topological polar surface area (TPSA) is 116 Å². The molecule has 0 bridgehead atoms. The number of nitrogens with one attached hydrogen (secondary N) is 1. The number of carbonyl (C=O) groups is 3. The van der Waals surface area contributed by atoms with Crippen molar-refractivity contribution in [1.82, 2.24) is 15.1 Å². The third kappa shape index (κ3) is 2.33. The number of imide groups is 2. The Balaban J connectivity index is 1.90. The molecule has 2 atom stereocenters. The van der Waals surface area contributed by atoms with Crippen molar-refractivity contribution in [3.8, 4) is 0 Å². The molecule has 3 aliphatic heterocycles. The van der Waals surface area contributed by atoms with E-state index in [1.54, 1.807) is 6.07 Å². The van der Waals surface area contributed by atoms with Gasteiger partial charge in [0.1, 0.15) is 0 Å². The van der Waals surface area contributed by atoms with Crippen molar-refractivity contribution in [2.24, 2.45) is 5.41 Å². The van der Waals surface area contributed by atoms with E-state index in [9.17, 15) is 24.5 Å². The number of rotatable bonds is 1. The van der Waals surface area contributed by atoms with Gasteiger partial charge in [-0.1, -0.05) is 0 Å². The summed E-state index contributed by atoms with van der Waals surface area (Å²) in [5.41, 5.74) is -0.232. The maximum Gasteiger partial charge on any atom is 0.330 e. The summed E-state index contributed by atoms with van der Waals surface area (Å²) < 4.78 is 0. The number of piperazine rings is 1. The van der Waals surface area contributed by atoms with Crippen LogP contribution in [0.3, 0.4) is 0 Å². The highest BCUT2D eigenvalue weighted by Gasteiger charge is 2.62. The summed E-state index contributed by atoms with van der Waals surface area (Å²) in [4.78, 5) is 53.7. The highest BCUT2D eigenvalue weighted by Crippen LogP contribution is 2.46.